The van der Waals surface area contributed by atoms with Gasteiger partial charge >= 0.3 is 5.97 Å². The smallest absolute Gasteiger partial charge is 0.341 e. The molecular weight excluding hydrogens is 447 g/mol. The topological polar surface area (TPSA) is 74.6 Å². The molecule has 3 atom stereocenters. The van der Waals surface area contributed by atoms with Gasteiger partial charge in [-0.2, -0.15) is 0 Å². The van der Waals surface area contributed by atoms with Gasteiger partial charge in [0.25, 0.3) is 0 Å². The number of rotatable bonds is 4. The second-order valence-corrected chi connectivity index (χ2v) is 8.77. The SMILES string of the molecule is CNC1C=CCC2CN(c3cc4c(cc3F)c(=O)c(C(=O)O)cn4-c3ccc(F)cc3F)CC21. The van der Waals surface area contributed by atoms with Crippen molar-refractivity contribution >= 4 is 22.6 Å². The van der Waals surface area contributed by atoms with E-state index in [4.69, 9.17) is 0 Å². The normalized spacial score (nSPS) is 21.8. The third-order valence-electron chi connectivity index (χ3n) is 6.88. The molecule has 3 unspecified atom stereocenters. The predicted molar refractivity (Wildman–Crippen MR) is 122 cm³/mol. The highest BCUT2D eigenvalue weighted by molar-refractivity contribution is 5.94. The minimum Gasteiger partial charge on any atom is -0.477 e. The monoisotopic (exact) mass is 469 g/mol. The van der Waals surface area contributed by atoms with Crippen LogP contribution in [0.5, 0.6) is 0 Å². The Hall–Kier alpha value is -3.59. The van der Waals surface area contributed by atoms with Crippen LogP contribution in [0.25, 0.3) is 16.6 Å². The maximum atomic E-state index is 15.3. The van der Waals surface area contributed by atoms with Gasteiger partial charge in [-0.15, -0.1) is 0 Å². The highest BCUT2D eigenvalue weighted by Crippen LogP contribution is 2.37. The van der Waals surface area contributed by atoms with Crippen molar-refractivity contribution in [3.05, 3.63) is 81.9 Å². The quantitative estimate of drug-likeness (QED) is 0.570. The molecule has 1 fully saturated rings. The maximum absolute atomic E-state index is 15.3. The van der Waals surface area contributed by atoms with E-state index in [0.29, 0.717) is 25.1 Å². The number of halogens is 3. The average Bonchev–Trinajstić information content (AvgIpc) is 3.24. The number of carboxylic acids is 1. The van der Waals surface area contributed by atoms with E-state index >= 15 is 4.39 Å². The second-order valence-electron chi connectivity index (χ2n) is 8.77. The number of carbonyl (C=O) groups is 1. The Bertz CT molecular complexity index is 1400. The summed E-state index contributed by atoms with van der Waals surface area (Å²) in [5.74, 6) is -3.33. The van der Waals surface area contributed by atoms with Crippen LogP contribution in [0, 0.1) is 29.3 Å². The number of hydrogen-bond acceptors (Lipinski definition) is 4. The largest absolute Gasteiger partial charge is 0.477 e. The highest BCUT2D eigenvalue weighted by atomic mass is 19.1. The fourth-order valence-corrected chi connectivity index (χ4v) is 5.21. The number of anilines is 1. The summed E-state index contributed by atoms with van der Waals surface area (Å²) in [4.78, 5) is 26.4. The molecule has 6 nitrogen and oxygen atoms in total. The van der Waals surface area contributed by atoms with Crippen LogP contribution in [0.3, 0.4) is 0 Å². The molecule has 2 N–H and O–H groups in total. The number of fused-ring (bicyclic) bond motifs is 2. The third kappa shape index (κ3) is 3.56. The Morgan fingerprint density at radius 1 is 1.09 bits per heavy atom. The number of pyridine rings is 1. The first-order valence-corrected chi connectivity index (χ1v) is 10.9. The number of aromatic carboxylic acids is 1. The van der Waals surface area contributed by atoms with Gasteiger partial charge in [-0.1, -0.05) is 12.2 Å². The Labute approximate surface area is 192 Å². The molecule has 0 saturated carbocycles. The van der Waals surface area contributed by atoms with Crippen molar-refractivity contribution in [3.8, 4) is 5.69 Å². The van der Waals surface area contributed by atoms with Crippen LogP contribution in [0.2, 0.25) is 0 Å². The zero-order chi connectivity index (χ0) is 24.1. The number of likely N-dealkylation sites (N-methyl/N-ethyl adjacent to an activating group) is 1. The van der Waals surface area contributed by atoms with Crippen molar-refractivity contribution in [2.24, 2.45) is 11.8 Å². The molecule has 1 saturated heterocycles. The number of nitrogens with zero attached hydrogens (tertiary/aromatic N) is 2. The van der Waals surface area contributed by atoms with Crippen molar-refractivity contribution in [3.63, 3.8) is 0 Å². The van der Waals surface area contributed by atoms with Crippen molar-refractivity contribution < 1.29 is 23.1 Å². The lowest BCUT2D eigenvalue weighted by Gasteiger charge is -2.28. The van der Waals surface area contributed by atoms with E-state index in [0.717, 1.165) is 30.8 Å². The van der Waals surface area contributed by atoms with E-state index in [1.54, 1.807) is 0 Å². The fourth-order valence-electron chi connectivity index (χ4n) is 5.21. The number of allylic oxidation sites excluding steroid dienone is 1. The number of hydrogen-bond donors (Lipinski definition) is 2. The van der Waals surface area contributed by atoms with Crippen LogP contribution >= 0.6 is 0 Å². The van der Waals surface area contributed by atoms with Gasteiger partial charge in [-0.05, 0) is 43.7 Å². The van der Waals surface area contributed by atoms with Gasteiger partial charge in [0.1, 0.15) is 23.0 Å². The summed E-state index contributed by atoms with van der Waals surface area (Å²) >= 11 is 0. The molecule has 3 aromatic rings. The fraction of sp³-hybridized carbons (Fsp3) is 0.280. The second kappa shape index (κ2) is 8.32. The average molecular weight is 469 g/mol. The molecule has 0 spiro atoms. The van der Waals surface area contributed by atoms with E-state index in [1.165, 1.54) is 10.6 Å². The van der Waals surface area contributed by atoms with Gasteiger partial charge in [0.05, 0.1) is 16.9 Å². The lowest BCUT2D eigenvalue weighted by atomic mass is 9.82. The van der Waals surface area contributed by atoms with Gasteiger partial charge in [-0.25, -0.2) is 18.0 Å². The molecule has 176 valence electrons. The summed E-state index contributed by atoms with van der Waals surface area (Å²) in [6.45, 7) is 1.20. The third-order valence-corrected chi connectivity index (χ3v) is 6.88. The van der Waals surface area contributed by atoms with Crippen LogP contribution in [0.4, 0.5) is 18.9 Å². The summed E-state index contributed by atoms with van der Waals surface area (Å²) in [5, 5.41) is 12.6. The van der Waals surface area contributed by atoms with Crippen molar-refractivity contribution in [1.82, 2.24) is 9.88 Å². The molecule has 0 radical (unpaired) electrons. The molecule has 1 aromatic heterocycles. The first-order valence-electron chi connectivity index (χ1n) is 10.9. The number of benzene rings is 2. The molecule has 5 rings (SSSR count). The van der Waals surface area contributed by atoms with Crippen LogP contribution < -0.4 is 15.6 Å². The summed E-state index contributed by atoms with van der Waals surface area (Å²) in [5.41, 5.74) is -1.29. The minimum atomic E-state index is -1.53. The van der Waals surface area contributed by atoms with E-state index in [2.05, 4.69) is 17.5 Å². The lowest BCUT2D eigenvalue weighted by molar-refractivity contribution is 0.0695. The van der Waals surface area contributed by atoms with Gasteiger partial charge in [0.15, 0.2) is 0 Å². The van der Waals surface area contributed by atoms with Crippen molar-refractivity contribution in [2.45, 2.75) is 12.5 Å². The molecular formula is C25H22F3N3O3. The lowest BCUT2D eigenvalue weighted by Crippen LogP contribution is -2.38. The van der Waals surface area contributed by atoms with E-state index in [-0.39, 0.29) is 34.2 Å². The number of nitrogens with one attached hydrogen (secondary N) is 1. The molecule has 0 amide bonds. The van der Waals surface area contributed by atoms with Crippen molar-refractivity contribution in [1.29, 1.82) is 0 Å². The Morgan fingerprint density at radius 2 is 1.85 bits per heavy atom. The highest BCUT2D eigenvalue weighted by Gasteiger charge is 2.38. The van der Waals surface area contributed by atoms with E-state index in [9.17, 15) is 23.5 Å². The van der Waals surface area contributed by atoms with Gasteiger partial charge in [-0.3, -0.25) is 4.79 Å². The first-order chi connectivity index (χ1) is 16.3. The van der Waals surface area contributed by atoms with Crippen LogP contribution in [0.15, 0.2) is 53.5 Å². The van der Waals surface area contributed by atoms with Crippen molar-refractivity contribution in [2.75, 3.05) is 25.0 Å². The zero-order valence-corrected chi connectivity index (χ0v) is 18.3. The maximum Gasteiger partial charge on any atom is 0.341 e. The predicted octanol–water partition coefficient (Wildman–Crippen LogP) is 3.71. The Balaban J connectivity index is 1.69. The van der Waals surface area contributed by atoms with E-state index in [1.807, 2.05) is 11.9 Å². The van der Waals surface area contributed by atoms with Crippen LogP contribution in [-0.2, 0) is 0 Å². The Morgan fingerprint density at radius 3 is 2.56 bits per heavy atom. The molecule has 2 heterocycles. The summed E-state index contributed by atoms with van der Waals surface area (Å²) in [6.07, 6.45) is 6.10. The molecule has 2 aromatic carbocycles. The summed E-state index contributed by atoms with van der Waals surface area (Å²) in [6, 6.07) is 5.46. The van der Waals surface area contributed by atoms with E-state index < -0.39 is 34.4 Å². The summed E-state index contributed by atoms with van der Waals surface area (Å²) < 4.78 is 44.7. The van der Waals surface area contributed by atoms with Crippen LogP contribution in [0.1, 0.15) is 16.8 Å². The molecule has 34 heavy (non-hydrogen) atoms. The van der Waals surface area contributed by atoms with Crippen LogP contribution in [-0.4, -0.2) is 41.8 Å². The zero-order valence-electron chi connectivity index (χ0n) is 18.3. The number of aromatic nitrogens is 1. The minimum absolute atomic E-state index is 0.134. The molecule has 9 heteroatoms. The number of carboxylic acid groups (broad SMARTS) is 1. The molecule has 2 aliphatic rings. The molecule has 1 aliphatic carbocycles. The molecule has 1 aliphatic heterocycles. The van der Waals surface area contributed by atoms with Gasteiger partial charge in [0, 0.05) is 42.7 Å². The van der Waals surface area contributed by atoms with Gasteiger partial charge in [0.2, 0.25) is 5.43 Å². The Kier molecular flexibility index (Phi) is 5.44. The molecule has 0 bridgehead atoms. The summed E-state index contributed by atoms with van der Waals surface area (Å²) in [7, 11) is 1.88. The van der Waals surface area contributed by atoms with Gasteiger partial charge < -0.3 is 19.9 Å². The standard InChI is InChI=1S/C25H22F3N3O3/c1-29-20-4-2-3-13-10-30(11-16(13)20)23-9-22-15(8-19(23)28)24(32)17(25(33)34)12-31(22)21-6-5-14(26)7-18(21)27/h2,4-9,12-13,16,20,29H,3,10-11H2,1H3,(H,33,34). The first kappa shape index (κ1) is 22.2.